The predicted molar refractivity (Wildman–Crippen MR) is 78.2 cm³/mol. The summed E-state index contributed by atoms with van der Waals surface area (Å²) in [7, 11) is 0. The van der Waals surface area contributed by atoms with Gasteiger partial charge in [0, 0.05) is 25.4 Å². The van der Waals surface area contributed by atoms with E-state index in [0.717, 1.165) is 25.9 Å². The topological polar surface area (TPSA) is 86.1 Å². The highest BCUT2D eigenvalue weighted by molar-refractivity contribution is 6.12. The van der Waals surface area contributed by atoms with Gasteiger partial charge >= 0.3 is 0 Å². The van der Waals surface area contributed by atoms with Crippen LogP contribution in [0.4, 0.5) is 0 Å². The molecule has 0 unspecified atom stereocenters. The van der Waals surface area contributed by atoms with Gasteiger partial charge in [0.1, 0.15) is 23.2 Å². The molecular weight excluding hydrogens is 280 g/mol. The quantitative estimate of drug-likeness (QED) is 0.667. The Morgan fingerprint density at radius 1 is 1.36 bits per heavy atom. The van der Waals surface area contributed by atoms with Gasteiger partial charge in [0.05, 0.1) is 5.57 Å². The van der Waals surface area contributed by atoms with Crippen molar-refractivity contribution < 1.29 is 9.59 Å². The van der Waals surface area contributed by atoms with Gasteiger partial charge in [0.15, 0.2) is 0 Å². The minimum atomic E-state index is -0.414. The maximum Gasteiger partial charge on any atom is 0.258 e. The highest BCUT2D eigenvalue weighted by atomic mass is 16.2. The maximum absolute atomic E-state index is 12.2. The average molecular weight is 294 g/mol. The number of rotatable bonds is 3. The number of carbonyl (C=O) groups excluding carboxylic acids is 2. The Morgan fingerprint density at radius 2 is 2.14 bits per heavy atom. The summed E-state index contributed by atoms with van der Waals surface area (Å²) in [5, 5.41) is 12.1. The molecule has 0 spiro atoms. The number of amides is 1. The molecule has 6 heteroatoms. The van der Waals surface area contributed by atoms with Crippen LogP contribution in [0.1, 0.15) is 23.3 Å². The van der Waals surface area contributed by atoms with Gasteiger partial charge in [-0.2, -0.15) is 5.26 Å². The molecule has 1 saturated heterocycles. The Bertz CT molecular complexity index is 722. The largest absolute Gasteiger partial charge is 0.357 e. The molecule has 2 aliphatic rings. The van der Waals surface area contributed by atoms with Gasteiger partial charge in [0.25, 0.3) is 5.91 Å². The Balaban J connectivity index is 1.95. The molecule has 3 rings (SSSR count). The van der Waals surface area contributed by atoms with Crippen LogP contribution in [-0.2, 0) is 4.79 Å². The molecule has 110 valence electrons. The first kappa shape index (κ1) is 14.0. The van der Waals surface area contributed by atoms with Crippen LogP contribution in [0.25, 0.3) is 0 Å². The number of nitrogens with one attached hydrogen (secondary N) is 1. The lowest BCUT2D eigenvalue weighted by Crippen LogP contribution is -2.29. The molecule has 1 amide bonds. The number of ketones is 1. The van der Waals surface area contributed by atoms with E-state index in [1.54, 1.807) is 18.2 Å². The van der Waals surface area contributed by atoms with Crippen LogP contribution in [0, 0.1) is 11.3 Å². The summed E-state index contributed by atoms with van der Waals surface area (Å²) < 4.78 is 0. The third-order valence-electron chi connectivity index (χ3n) is 3.71. The molecule has 2 aliphatic heterocycles. The first-order chi connectivity index (χ1) is 10.7. The van der Waals surface area contributed by atoms with Crippen LogP contribution in [0.5, 0.6) is 0 Å². The van der Waals surface area contributed by atoms with Crippen LogP contribution in [0.15, 0.2) is 47.4 Å². The second-order valence-electron chi connectivity index (χ2n) is 5.12. The van der Waals surface area contributed by atoms with Crippen molar-refractivity contribution in [1.29, 1.82) is 5.26 Å². The fourth-order valence-corrected chi connectivity index (χ4v) is 2.62. The lowest BCUT2D eigenvalue weighted by atomic mass is 10.1. The van der Waals surface area contributed by atoms with Gasteiger partial charge in [-0.05, 0) is 25.0 Å². The number of hydrogen-bond acceptors (Lipinski definition) is 5. The third-order valence-corrected chi connectivity index (χ3v) is 3.71. The Hall–Kier alpha value is -2.94. The van der Waals surface area contributed by atoms with Gasteiger partial charge < -0.3 is 10.2 Å². The third kappa shape index (κ3) is 2.49. The van der Waals surface area contributed by atoms with E-state index >= 15 is 0 Å². The summed E-state index contributed by atoms with van der Waals surface area (Å²) in [6, 6.07) is 7.02. The molecule has 1 N–H and O–H groups in total. The second-order valence-corrected chi connectivity index (χ2v) is 5.12. The minimum Gasteiger partial charge on any atom is -0.357 e. The molecule has 1 aromatic heterocycles. The summed E-state index contributed by atoms with van der Waals surface area (Å²) >= 11 is 0. The number of likely N-dealkylation sites (tertiary alicyclic amines) is 1. The highest BCUT2D eigenvalue weighted by Gasteiger charge is 2.32. The van der Waals surface area contributed by atoms with Gasteiger partial charge in [-0.25, -0.2) is 0 Å². The number of nitriles is 1. The molecular formula is C16H14N4O2. The molecule has 0 radical (unpaired) electrons. The van der Waals surface area contributed by atoms with Crippen LogP contribution in [0.3, 0.4) is 0 Å². The molecule has 6 nitrogen and oxygen atoms in total. The number of pyridine rings is 1. The smallest absolute Gasteiger partial charge is 0.258 e. The van der Waals surface area contributed by atoms with E-state index in [1.807, 2.05) is 11.0 Å². The van der Waals surface area contributed by atoms with E-state index in [1.165, 1.54) is 12.3 Å². The van der Waals surface area contributed by atoms with Crippen molar-refractivity contribution in [3.05, 3.63) is 53.1 Å². The number of allylic oxidation sites excluding steroid dienone is 1. The van der Waals surface area contributed by atoms with E-state index in [9.17, 15) is 14.9 Å². The summed E-state index contributed by atoms with van der Waals surface area (Å²) in [6.45, 7) is 1.62. The summed E-state index contributed by atoms with van der Waals surface area (Å²) in [5.74, 6) is -0.283. The first-order valence-corrected chi connectivity index (χ1v) is 7.09. The minimum absolute atomic E-state index is 0.111. The number of nitrogens with zero attached hydrogens (tertiary/aromatic N) is 3. The summed E-state index contributed by atoms with van der Waals surface area (Å²) in [5.41, 5.74) is 0.589. The molecule has 0 bridgehead atoms. The Labute approximate surface area is 127 Å². The lowest BCUT2D eigenvalue weighted by Gasteiger charge is -2.18. The zero-order valence-electron chi connectivity index (χ0n) is 11.9. The molecule has 1 aromatic rings. The van der Waals surface area contributed by atoms with Crippen LogP contribution >= 0.6 is 0 Å². The van der Waals surface area contributed by atoms with Crippen molar-refractivity contribution in [3.8, 4) is 6.07 Å². The summed E-state index contributed by atoms with van der Waals surface area (Å²) in [6.07, 6.45) is 4.77. The molecule has 22 heavy (non-hydrogen) atoms. The van der Waals surface area contributed by atoms with Crippen LogP contribution < -0.4 is 5.32 Å². The van der Waals surface area contributed by atoms with E-state index in [0.29, 0.717) is 5.82 Å². The van der Waals surface area contributed by atoms with E-state index in [4.69, 9.17) is 0 Å². The zero-order chi connectivity index (χ0) is 15.5. The second kappa shape index (κ2) is 5.82. The lowest BCUT2D eigenvalue weighted by molar-refractivity contribution is -0.116. The van der Waals surface area contributed by atoms with Gasteiger partial charge in [-0.3, -0.25) is 14.6 Å². The van der Waals surface area contributed by atoms with Crippen molar-refractivity contribution >= 4 is 11.7 Å². The fourth-order valence-electron chi connectivity index (χ4n) is 2.62. The number of hydrogen-bond donors (Lipinski definition) is 1. The van der Waals surface area contributed by atoms with Gasteiger partial charge in [-0.1, -0.05) is 6.07 Å². The van der Waals surface area contributed by atoms with E-state index in [2.05, 4.69) is 10.3 Å². The first-order valence-electron chi connectivity index (χ1n) is 7.09. The van der Waals surface area contributed by atoms with Gasteiger partial charge in [0.2, 0.25) is 5.78 Å². The number of carbonyl (C=O) groups is 2. The fraction of sp³-hybridized carbons (Fsp3) is 0.250. The summed E-state index contributed by atoms with van der Waals surface area (Å²) in [4.78, 5) is 30.2. The average Bonchev–Trinajstić information content (AvgIpc) is 3.17. The Morgan fingerprint density at radius 3 is 2.77 bits per heavy atom. The molecule has 1 fully saturated rings. The standard InChI is InChI=1S/C16H14N4O2/c17-10-12-11(9-14(21)13-5-1-2-6-18-13)16(22)19-15(12)20-7-3-4-8-20/h1-2,5-6,9H,3-4,7-8H2,(H,19,22)/b11-9+. The highest BCUT2D eigenvalue weighted by Crippen LogP contribution is 2.26. The van der Waals surface area contributed by atoms with Crippen molar-refractivity contribution in [1.82, 2.24) is 15.2 Å². The van der Waals surface area contributed by atoms with Crippen molar-refractivity contribution in [3.63, 3.8) is 0 Å². The molecule has 0 aliphatic carbocycles. The molecule has 0 atom stereocenters. The number of aromatic nitrogens is 1. The van der Waals surface area contributed by atoms with Gasteiger partial charge in [-0.15, -0.1) is 0 Å². The monoisotopic (exact) mass is 294 g/mol. The predicted octanol–water partition coefficient (Wildman–Crippen LogP) is 1.15. The molecule has 3 heterocycles. The molecule has 0 saturated carbocycles. The van der Waals surface area contributed by atoms with Crippen LogP contribution in [-0.4, -0.2) is 34.7 Å². The van der Waals surface area contributed by atoms with Crippen LogP contribution in [0.2, 0.25) is 0 Å². The SMILES string of the molecule is N#CC1=C(N2CCCC2)NC(=O)/C1=C/C(=O)c1ccccn1. The Kier molecular flexibility index (Phi) is 3.71. The maximum atomic E-state index is 12.2. The van der Waals surface area contributed by atoms with Crippen molar-refractivity contribution in [2.24, 2.45) is 0 Å². The van der Waals surface area contributed by atoms with Crippen molar-refractivity contribution in [2.45, 2.75) is 12.8 Å². The van der Waals surface area contributed by atoms with E-state index < -0.39 is 5.91 Å². The van der Waals surface area contributed by atoms with E-state index in [-0.39, 0.29) is 22.6 Å². The molecule has 0 aromatic carbocycles. The normalized spacial score (nSPS) is 19.5. The zero-order valence-corrected chi connectivity index (χ0v) is 11.9. The van der Waals surface area contributed by atoms with Crippen molar-refractivity contribution in [2.75, 3.05) is 13.1 Å².